The predicted octanol–water partition coefficient (Wildman–Crippen LogP) is 2.30. The summed E-state index contributed by atoms with van der Waals surface area (Å²) in [5, 5.41) is 3.46. The van der Waals surface area contributed by atoms with Gasteiger partial charge in [0.05, 0.1) is 6.61 Å². The molecule has 0 spiro atoms. The molecule has 1 aliphatic rings. The van der Waals surface area contributed by atoms with E-state index >= 15 is 0 Å². The van der Waals surface area contributed by atoms with E-state index in [-0.39, 0.29) is 12.4 Å². The van der Waals surface area contributed by atoms with Crippen molar-refractivity contribution in [2.45, 2.75) is 26.4 Å². The Morgan fingerprint density at radius 2 is 2.17 bits per heavy atom. The van der Waals surface area contributed by atoms with Crippen LogP contribution >= 0.6 is 12.4 Å². The maximum Gasteiger partial charge on any atom is 0.123 e. The van der Waals surface area contributed by atoms with Crippen LogP contribution in [0.4, 0.5) is 0 Å². The number of halogens is 1. The topological polar surface area (TPSA) is 24.5 Å². The minimum atomic E-state index is 0. The molecule has 1 aromatic carbocycles. The Hall–Kier alpha value is -0.770. The molecule has 0 amide bonds. The van der Waals surface area contributed by atoms with Gasteiger partial charge in [0.25, 0.3) is 0 Å². The fraction of sp³-hybridized carbons (Fsp3) is 0.571. The maximum absolute atomic E-state index is 5.66. The number of hydrogen-bond donors (Lipinski definition) is 1. The van der Waals surface area contributed by atoms with Crippen LogP contribution in [0.3, 0.4) is 0 Å². The molecule has 0 radical (unpaired) electrons. The summed E-state index contributed by atoms with van der Waals surface area (Å²) < 4.78 is 5.66. The van der Waals surface area contributed by atoms with Crippen molar-refractivity contribution in [3.63, 3.8) is 0 Å². The van der Waals surface area contributed by atoms with Crippen molar-refractivity contribution in [3.05, 3.63) is 29.8 Å². The maximum atomic E-state index is 5.66. The molecule has 102 valence electrons. The highest BCUT2D eigenvalue weighted by Crippen LogP contribution is 2.20. The van der Waals surface area contributed by atoms with E-state index in [1.807, 2.05) is 13.0 Å². The Bertz CT molecular complexity index is 359. The Balaban J connectivity index is 0.00000162. The highest BCUT2D eigenvalue weighted by atomic mass is 35.5. The molecule has 4 heteroatoms. The third-order valence-electron chi connectivity index (χ3n) is 3.12. The molecule has 1 aromatic rings. The van der Waals surface area contributed by atoms with Crippen molar-refractivity contribution in [1.29, 1.82) is 0 Å². The number of benzene rings is 1. The van der Waals surface area contributed by atoms with Gasteiger partial charge in [0.1, 0.15) is 5.75 Å². The SMILES string of the molecule is CCOc1ccccc1CN1CCN[C@H](C)C1.Cl. The molecule has 0 aromatic heterocycles. The van der Waals surface area contributed by atoms with Crippen molar-refractivity contribution in [3.8, 4) is 5.75 Å². The lowest BCUT2D eigenvalue weighted by Crippen LogP contribution is -2.48. The molecule has 18 heavy (non-hydrogen) atoms. The van der Waals surface area contributed by atoms with Crippen molar-refractivity contribution >= 4 is 12.4 Å². The number of ether oxygens (including phenoxy) is 1. The van der Waals surface area contributed by atoms with Crippen LogP contribution in [0.25, 0.3) is 0 Å². The standard InChI is InChI=1S/C14H22N2O.ClH/c1-3-17-14-7-5-4-6-13(14)11-16-9-8-15-12(2)10-16;/h4-7,12,15H,3,8-11H2,1-2H3;1H/t12-;/m1./s1. The summed E-state index contributed by atoms with van der Waals surface area (Å²) >= 11 is 0. The van der Waals surface area contributed by atoms with Crippen molar-refractivity contribution < 1.29 is 4.74 Å². The van der Waals surface area contributed by atoms with Crippen LogP contribution in [0, 0.1) is 0 Å². The van der Waals surface area contributed by atoms with Crippen molar-refractivity contribution in [1.82, 2.24) is 10.2 Å². The van der Waals surface area contributed by atoms with Crippen LogP contribution in [-0.2, 0) is 6.54 Å². The van der Waals surface area contributed by atoms with E-state index in [1.54, 1.807) is 0 Å². The van der Waals surface area contributed by atoms with Crippen LogP contribution in [-0.4, -0.2) is 37.2 Å². The quantitative estimate of drug-likeness (QED) is 0.909. The van der Waals surface area contributed by atoms with Crippen LogP contribution < -0.4 is 10.1 Å². The summed E-state index contributed by atoms with van der Waals surface area (Å²) in [5.74, 6) is 1.03. The Morgan fingerprint density at radius 1 is 1.39 bits per heavy atom. The average Bonchev–Trinajstić information content (AvgIpc) is 2.32. The fourth-order valence-electron chi connectivity index (χ4n) is 2.33. The second-order valence-electron chi connectivity index (χ2n) is 4.63. The monoisotopic (exact) mass is 270 g/mol. The highest BCUT2D eigenvalue weighted by Gasteiger charge is 2.16. The predicted molar refractivity (Wildman–Crippen MR) is 77.6 cm³/mol. The van der Waals surface area contributed by atoms with E-state index < -0.39 is 0 Å². The molecule has 1 aliphatic heterocycles. The van der Waals surface area contributed by atoms with E-state index in [9.17, 15) is 0 Å². The molecule has 1 fully saturated rings. The Kier molecular flexibility index (Phi) is 6.47. The van der Waals surface area contributed by atoms with Gasteiger partial charge in [-0.3, -0.25) is 4.90 Å². The van der Waals surface area contributed by atoms with E-state index in [0.717, 1.165) is 38.5 Å². The summed E-state index contributed by atoms with van der Waals surface area (Å²) in [5.41, 5.74) is 1.29. The number of hydrogen-bond acceptors (Lipinski definition) is 3. The Labute approximate surface area is 116 Å². The van der Waals surface area contributed by atoms with Crippen LogP contribution in [0.15, 0.2) is 24.3 Å². The summed E-state index contributed by atoms with van der Waals surface area (Å²) in [7, 11) is 0. The zero-order valence-corrected chi connectivity index (χ0v) is 12.0. The molecular weight excluding hydrogens is 248 g/mol. The second-order valence-corrected chi connectivity index (χ2v) is 4.63. The lowest BCUT2D eigenvalue weighted by molar-refractivity contribution is 0.196. The summed E-state index contributed by atoms with van der Waals surface area (Å²) in [6, 6.07) is 8.93. The summed E-state index contributed by atoms with van der Waals surface area (Å²) in [6.07, 6.45) is 0. The zero-order valence-electron chi connectivity index (χ0n) is 11.2. The highest BCUT2D eigenvalue weighted by molar-refractivity contribution is 5.85. The summed E-state index contributed by atoms with van der Waals surface area (Å²) in [4.78, 5) is 2.49. The van der Waals surface area contributed by atoms with Gasteiger partial charge in [-0.25, -0.2) is 0 Å². The van der Waals surface area contributed by atoms with Crippen LogP contribution in [0.2, 0.25) is 0 Å². The Morgan fingerprint density at radius 3 is 2.89 bits per heavy atom. The molecule has 0 aliphatic carbocycles. The normalized spacial score (nSPS) is 20.2. The molecule has 1 N–H and O–H groups in total. The van der Waals surface area contributed by atoms with E-state index in [1.165, 1.54) is 5.56 Å². The smallest absolute Gasteiger partial charge is 0.123 e. The molecule has 1 atom stereocenters. The number of piperazine rings is 1. The number of rotatable bonds is 4. The molecule has 2 rings (SSSR count). The average molecular weight is 271 g/mol. The molecule has 1 heterocycles. The molecule has 0 saturated carbocycles. The first kappa shape index (κ1) is 15.3. The first-order chi connectivity index (χ1) is 8.29. The number of nitrogens with zero attached hydrogens (tertiary/aromatic N) is 1. The zero-order chi connectivity index (χ0) is 12.1. The van der Waals surface area contributed by atoms with Gasteiger partial charge in [0.2, 0.25) is 0 Å². The van der Waals surface area contributed by atoms with E-state index in [4.69, 9.17) is 4.74 Å². The summed E-state index contributed by atoms with van der Waals surface area (Å²) in [6.45, 7) is 9.30. The molecule has 1 saturated heterocycles. The van der Waals surface area contributed by atoms with Crippen molar-refractivity contribution in [2.24, 2.45) is 0 Å². The van der Waals surface area contributed by atoms with E-state index in [2.05, 4.69) is 35.3 Å². The fourth-order valence-corrected chi connectivity index (χ4v) is 2.33. The number of para-hydroxylation sites is 1. The third-order valence-corrected chi connectivity index (χ3v) is 3.12. The van der Waals surface area contributed by atoms with Gasteiger partial charge in [0, 0.05) is 37.8 Å². The van der Waals surface area contributed by atoms with Gasteiger partial charge in [-0.15, -0.1) is 12.4 Å². The van der Waals surface area contributed by atoms with Crippen molar-refractivity contribution in [2.75, 3.05) is 26.2 Å². The van der Waals surface area contributed by atoms with Gasteiger partial charge in [-0.2, -0.15) is 0 Å². The molecule has 3 nitrogen and oxygen atoms in total. The van der Waals surface area contributed by atoms with E-state index in [0.29, 0.717) is 6.04 Å². The third kappa shape index (κ3) is 4.16. The van der Waals surface area contributed by atoms with Gasteiger partial charge >= 0.3 is 0 Å². The first-order valence-corrected chi connectivity index (χ1v) is 6.46. The van der Waals surface area contributed by atoms with Gasteiger partial charge in [-0.1, -0.05) is 18.2 Å². The molecule has 0 unspecified atom stereocenters. The minimum Gasteiger partial charge on any atom is -0.494 e. The molecular formula is C14H23ClN2O. The van der Waals surface area contributed by atoms with Crippen LogP contribution in [0.5, 0.6) is 5.75 Å². The minimum absolute atomic E-state index is 0. The lowest BCUT2D eigenvalue weighted by atomic mass is 10.1. The molecule has 0 bridgehead atoms. The second kappa shape index (κ2) is 7.62. The lowest BCUT2D eigenvalue weighted by Gasteiger charge is -2.32. The van der Waals surface area contributed by atoms with Gasteiger partial charge in [0.15, 0.2) is 0 Å². The van der Waals surface area contributed by atoms with Gasteiger partial charge in [-0.05, 0) is 19.9 Å². The number of nitrogens with one attached hydrogen (secondary N) is 1. The van der Waals surface area contributed by atoms with Gasteiger partial charge < -0.3 is 10.1 Å². The van der Waals surface area contributed by atoms with Crippen LogP contribution in [0.1, 0.15) is 19.4 Å². The largest absolute Gasteiger partial charge is 0.494 e. The first-order valence-electron chi connectivity index (χ1n) is 6.46.